The standard InChI is InChI=1S/C15H21NO3/c1-15(2)11(10-17)8-9-16(15)13-7-5-4-6-12(13)14(18)19-3/h4-7,11,17H,8-10H2,1-3H3. The van der Waals surface area contributed by atoms with Gasteiger partial charge in [-0.2, -0.15) is 0 Å². The third-order valence-corrected chi connectivity index (χ3v) is 4.22. The van der Waals surface area contributed by atoms with Gasteiger partial charge in [0.1, 0.15) is 0 Å². The second-order valence-electron chi connectivity index (χ2n) is 5.48. The van der Waals surface area contributed by atoms with Gasteiger partial charge in [-0.1, -0.05) is 12.1 Å². The number of benzene rings is 1. The summed E-state index contributed by atoms with van der Waals surface area (Å²) in [7, 11) is 1.39. The average molecular weight is 263 g/mol. The Labute approximate surface area is 114 Å². The lowest BCUT2D eigenvalue weighted by atomic mass is 9.88. The molecule has 0 bridgehead atoms. The van der Waals surface area contributed by atoms with Crippen LogP contribution in [0.4, 0.5) is 5.69 Å². The number of esters is 1. The van der Waals surface area contributed by atoms with Crippen LogP contribution in [-0.2, 0) is 4.74 Å². The number of carbonyl (C=O) groups is 1. The maximum atomic E-state index is 11.9. The minimum absolute atomic E-state index is 0.168. The lowest BCUT2D eigenvalue weighted by Gasteiger charge is -2.38. The van der Waals surface area contributed by atoms with E-state index in [1.165, 1.54) is 7.11 Å². The lowest BCUT2D eigenvalue weighted by molar-refractivity contribution is 0.0601. The summed E-state index contributed by atoms with van der Waals surface area (Å²) in [6, 6.07) is 7.48. The van der Waals surface area contributed by atoms with Crippen molar-refractivity contribution in [2.75, 3.05) is 25.2 Å². The first kappa shape index (κ1) is 13.9. The summed E-state index contributed by atoms with van der Waals surface area (Å²) in [4.78, 5) is 14.0. The Bertz CT molecular complexity index is 470. The van der Waals surface area contributed by atoms with Crippen molar-refractivity contribution in [1.29, 1.82) is 0 Å². The van der Waals surface area contributed by atoms with Gasteiger partial charge < -0.3 is 14.7 Å². The van der Waals surface area contributed by atoms with Gasteiger partial charge in [0, 0.05) is 24.6 Å². The van der Waals surface area contributed by atoms with E-state index < -0.39 is 0 Å². The van der Waals surface area contributed by atoms with Crippen LogP contribution in [0.5, 0.6) is 0 Å². The molecule has 0 amide bonds. The summed E-state index contributed by atoms with van der Waals surface area (Å²) in [5, 5.41) is 9.47. The molecule has 1 atom stereocenters. The molecule has 4 nitrogen and oxygen atoms in total. The molecule has 0 aromatic heterocycles. The predicted molar refractivity (Wildman–Crippen MR) is 74.4 cm³/mol. The van der Waals surface area contributed by atoms with Crippen molar-refractivity contribution in [3.05, 3.63) is 29.8 Å². The molecular formula is C15H21NO3. The normalized spacial score (nSPS) is 21.5. The van der Waals surface area contributed by atoms with E-state index in [1.54, 1.807) is 6.07 Å². The van der Waals surface area contributed by atoms with E-state index in [-0.39, 0.29) is 24.0 Å². The van der Waals surface area contributed by atoms with Crippen LogP contribution in [0.15, 0.2) is 24.3 Å². The molecule has 0 radical (unpaired) electrons. The molecule has 1 aliphatic rings. The Hall–Kier alpha value is -1.55. The minimum Gasteiger partial charge on any atom is -0.465 e. The van der Waals surface area contributed by atoms with E-state index in [9.17, 15) is 9.90 Å². The highest BCUT2D eigenvalue weighted by Crippen LogP contribution is 2.39. The number of carbonyl (C=O) groups excluding carboxylic acids is 1. The van der Waals surface area contributed by atoms with Crippen LogP contribution in [-0.4, -0.2) is 36.9 Å². The molecule has 1 unspecified atom stereocenters. The molecule has 0 saturated carbocycles. The zero-order valence-corrected chi connectivity index (χ0v) is 11.7. The smallest absolute Gasteiger partial charge is 0.339 e. The van der Waals surface area contributed by atoms with Crippen LogP contribution in [0.2, 0.25) is 0 Å². The average Bonchev–Trinajstić information content (AvgIpc) is 2.72. The molecule has 2 rings (SSSR count). The molecule has 1 N–H and O–H groups in total. The number of ether oxygens (including phenoxy) is 1. The molecule has 104 valence electrons. The molecule has 0 aliphatic carbocycles. The van der Waals surface area contributed by atoms with Crippen molar-refractivity contribution >= 4 is 11.7 Å². The van der Waals surface area contributed by atoms with Gasteiger partial charge in [-0.25, -0.2) is 4.79 Å². The predicted octanol–water partition coefficient (Wildman–Crippen LogP) is 2.07. The fourth-order valence-corrected chi connectivity index (χ4v) is 2.88. The number of methoxy groups -OCH3 is 1. The molecular weight excluding hydrogens is 242 g/mol. The van der Waals surface area contributed by atoms with E-state index in [4.69, 9.17) is 4.74 Å². The summed E-state index contributed by atoms with van der Waals surface area (Å²) in [6.45, 7) is 5.22. The van der Waals surface area contributed by atoms with Gasteiger partial charge in [-0.15, -0.1) is 0 Å². The molecule has 1 aromatic rings. The van der Waals surface area contributed by atoms with Crippen molar-refractivity contribution in [3.8, 4) is 0 Å². The molecule has 1 aliphatic heterocycles. The SMILES string of the molecule is COC(=O)c1ccccc1N1CCC(CO)C1(C)C. The number of aliphatic hydroxyl groups is 1. The van der Waals surface area contributed by atoms with Crippen LogP contribution in [0, 0.1) is 5.92 Å². The molecule has 0 spiro atoms. The van der Waals surface area contributed by atoms with Gasteiger partial charge >= 0.3 is 5.97 Å². The first-order valence-electron chi connectivity index (χ1n) is 6.58. The highest BCUT2D eigenvalue weighted by atomic mass is 16.5. The number of para-hydroxylation sites is 1. The van der Waals surface area contributed by atoms with Crippen molar-refractivity contribution in [2.24, 2.45) is 5.92 Å². The van der Waals surface area contributed by atoms with Gasteiger partial charge in [0.05, 0.1) is 18.4 Å². The fraction of sp³-hybridized carbons (Fsp3) is 0.533. The van der Waals surface area contributed by atoms with Crippen LogP contribution in [0.1, 0.15) is 30.6 Å². The molecule has 4 heteroatoms. The van der Waals surface area contributed by atoms with Crippen molar-refractivity contribution in [2.45, 2.75) is 25.8 Å². The summed E-state index contributed by atoms with van der Waals surface area (Å²) in [6.07, 6.45) is 0.930. The Morgan fingerprint density at radius 2 is 2.16 bits per heavy atom. The van der Waals surface area contributed by atoms with E-state index in [2.05, 4.69) is 18.7 Å². The van der Waals surface area contributed by atoms with Crippen molar-refractivity contribution in [1.82, 2.24) is 0 Å². The lowest BCUT2D eigenvalue weighted by Crippen LogP contribution is -2.44. The second-order valence-corrected chi connectivity index (χ2v) is 5.48. The molecule has 1 aromatic carbocycles. The third kappa shape index (κ3) is 2.32. The van der Waals surface area contributed by atoms with Crippen molar-refractivity contribution in [3.63, 3.8) is 0 Å². The van der Waals surface area contributed by atoms with Crippen LogP contribution >= 0.6 is 0 Å². The van der Waals surface area contributed by atoms with Gasteiger partial charge in [-0.05, 0) is 32.4 Å². The number of nitrogens with zero attached hydrogens (tertiary/aromatic N) is 1. The Morgan fingerprint density at radius 3 is 2.74 bits per heavy atom. The van der Waals surface area contributed by atoms with Gasteiger partial charge in [0.15, 0.2) is 0 Å². The molecule has 1 saturated heterocycles. The number of anilines is 1. The monoisotopic (exact) mass is 263 g/mol. The zero-order chi connectivity index (χ0) is 14.0. The number of rotatable bonds is 3. The maximum Gasteiger partial charge on any atom is 0.339 e. The van der Waals surface area contributed by atoms with Gasteiger partial charge in [-0.3, -0.25) is 0 Å². The summed E-state index contributed by atoms with van der Waals surface area (Å²) >= 11 is 0. The summed E-state index contributed by atoms with van der Waals surface area (Å²) in [5.74, 6) is -0.1000. The minimum atomic E-state index is -0.321. The summed E-state index contributed by atoms with van der Waals surface area (Å²) < 4.78 is 4.84. The highest BCUT2D eigenvalue weighted by molar-refractivity contribution is 5.96. The molecule has 1 heterocycles. The molecule has 1 fully saturated rings. The topological polar surface area (TPSA) is 49.8 Å². The van der Waals surface area contributed by atoms with Crippen LogP contribution in [0.3, 0.4) is 0 Å². The van der Waals surface area contributed by atoms with Crippen LogP contribution < -0.4 is 4.90 Å². The van der Waals surface area contributed by atoms with Gasteiger partial charge in [0.25, 0.3) is 0 Å². The van der Waals surface area contributed by atoms with Crippen molar-refractivity contribution < 1.29 is 14.6 Å². The maximum absolute atomic E-state index is 11.9. The Morgan fingerprint density at radius 1 is 1.47 bits per heavy atom. The summed E-state index contributed by atoms with van der Waals surface area (Å²) in [5.41, 5.74) is 1.30. The Balaban J connectivity index is 2.40. The van der Waals surface area contributed by atoms with Gasteiger partial charge in [0.2, 0.25) is 0 Å². The third-order valence-electron chi connectivity index (χ3n) is 4.22. The fourth-order valence-electron chi connectivity index (χ4n) is 2.88. The Kier molecular flexibility index (Phi) is 3.80. The number of aliphatic hydroxyl groups excluding tert-OH is 1. The highest BCUT2D eigenvalue weighted by Gasteiger charge is 2.41. The zero-order valence-electron chi connectivity index (χ0n) is 11.7. The van der Waals surface area contributed by atoms with E-state index >= 15 is 0 Å². The van der Waals surface area contributed by atoms with E-state index in [1.807, 2.05) is 18.2 Å². The molecule has 19 heavy (non-hydrogen) atoms. The first-order chi connectivity index (χ1) is 9.02. The number of hydrogen-bond donors (Lipinski definition) is 1. The van der Waals surface area contributed by atoms with Crippen LogP contribution in [0.25, 0.3) is 0 Å². The number of hydrogen-bond acceptors (Lipinski definition) is 4. The van der Waals surface area contributed by atoms with E-state index in [0.29, 0.717) is 5.56 Å². The first-order valence-corrected chi connectivity index (χ1v) is 6.58. The second kappa shape index (κ2) is 5.21. The quantitative estimate of drug-likeness (QED) is 0.848. The largest absolute Gasteiger partial charge is 0.465 e. The van der Waals surface area contributed by atoms with E-state index in [0.717, 1.165) is 18.7 Å².